The van der Waals surface area contributed by atoms with E-state index in [0.29, 0.717) is 51.4 Å². The molecule has 9 heteroatoms. The van der Waals surface area contributed by atoms with Crippen LogP contribution in [0.15, 0.2) is 48.5 Å². The summed E-state index contributed by atoms with van der Waals surface area (Å²) in [6.07, 6.45) is 0.781. The van der Waals surface area contributed by atoms with E-state index >= 15 is 0 Å². The van der Waals surface area contributed by atoms with Gasteiger partial charge >= 0.3 is 5.97 Å². The van der Waals surface area contributed by atoms with E-state index in [9.17, 15) is 19.5 Å². The molecule has 0 aromatic heterocycles. The lowest BCUT2D eigenvalue weighted by atomic mass is 10.1. The van der Waals surface area contributed by atoms with Gasteiger partial charge in [-0.15, -0.1) is 0 Å². The summed E-state index contributed by atoms with van der Waals surface area (Å²) in [4.78, 5) is 40.5. The predicted octanol–water partition coefficient (Wildman–Crippen LogP) is 1.91. The van der Waals surface area contributed by atoms with Crippen LogP contribution in [0.4, 0.5) is 11.4 Å². The van der Waals surface area contributed by atoms with Gasteiger partial charge < -0.3 is 25.4 Å². The van der Waals surface area contributed by atoms with Crippen molar-refractivity contribution in [1.29, 1.82) is 0 Å². The van der Waals surface area contributed by atoms with Crippen molar-refractivity contribution in [3.8, 4) is 0 Å². The highest BCUT2D eigenvalue weighted by Gasteiger charge is 2.21. The molecule has 1 aliphatic heterocycles. The Balaban J connectivity index is 1.57. The van der Waals surface area contributed by atoms with Crippen molar-refractivity contribution in [2.75, 3.05) is 63.2 Å². The number of hydrogen-bond donors (Lipinski definition) is 3. The van der Waals surface area contributed by atoms with E-state index in [1.165, 1.54) is 0 Å². The normalized spacial score (nSPS) is 14.0. The van der Waals surface area contributed by atoms with E-state index in [4.69, 9.17) is 4.74 Å². The standard InChI is InChI=1S/C24H30N4O5/c1-33-15-5-10-25-22(29)17-27-11-13-28(14-12-27)19-8-9-21(20(16-19)24(31)32)26-23(30)18-6-3-2-4-7-18/h2-4,6-9,16H,5,10-15,17H2,1H3,(H,25,29)(H,26,30)(H,31,32). The second-order valence-corrected chi connectivity index (χ2v) is 7.81. The van der Waals surface area contributed by atoms with Crippen molar-refractivity contribution in [1.82, 2.24) is 10.2 Å². The maximum Gasteiger partial charge on any atom is 0.337 e. The number of benzene rings is 2. The number of nitrogens with zero attached hydrogens (tertiary/aromatic N) is 2. The van der Waals surface area contributed by atoms with E-state index in [1.54, 1.807) is 43.5 Å². The molecule has 0 saturated carbocycles. The van der Waals surface area contributed by atoms with E-state index in [-0.39, 0.29) is 23.1 Å². The summed E-state index contributed by atoms with van der Waals surface area (Å²) in [5.41, 5.74) is 1.52. The molecule has 0 bridgehead atoms. The lowest BCUT2D eigenvalue weighted by molar-refractivity contribution is -0.122. The van der Waals surface area contributed by atoms with E-state index in [0.717, 1.165) is 12.1 Å². The molecule has 2 aromatic rings. The van der Waals surface area contributed by atoms with Crippen molar-refractivity contribution >= 4 is 29.2 Å². The number of carbonyl (C=O) groups is 3. The highest BCUT2D eigenvalue weighted by Crippen LogP contribution is 2.25. The number of nitrogens with one attached hydrogen (secondary N) is 2. The van der Waals surface area contributed by atoms with E-state index < -0.39 is 5.97 Å². The molecule has 176 valence electrons. The molecular formula is C24H30N4O5. The lowest BCUT2D eigenvalue weighted by Crippen LogP contribution is -2.49. The largest absolute Gasteiger partial charge is 0.478 e. The van der Waals surface area contributed by atoms with Crippen LogP contribution in [0.2, 0.25) is 0 Å². The van der Waals surface area contributed by atoms with Crippen LogP contribution in [-0.4, -0.2) is 80.8 Å². The number of ether oxygens (including phenoxy) is 1. The zero-order valence-electron chi connectivity index (χ0n) is 18.8. The monoisotopic (exact) mass is 454 g/mol. The Hall–Kier alpha value is -3.43. The van der Waals surface area contributed by atoms with Crippen LogP contribution in [0.25, 0.3) is 0 Å². The molecule has 1 fully saturated rings. The maximum atomic E-state index is 12.4. The molecular weight excluding hydrogens is 424 g/mol. The summed E-state index contributed by atoms with van der Waals surface area (Å²) in [6, 6.07) is 13.7. The minimum atomic E-state index is -1.11. The van der Waals surface area contributed by atoms with Crippen LogP contribution in [0.3, 0.4) is 0 Å². The van der Waals surface area contributed by atoms with Crippen LogP contribution in [-0.2, 0) is 9.53 Å². The quantitative estimate of drug-likeness (QED) is 0.470. The summed E-state index contributed by atoms with van der Waals surface area (Å²) < 4.78 is 4.97. The molecule has 0 aliphatic carbocycles. The van der Waals surface area contributed by atoms with Gasteiger partial charge in [-0.2, -0.15) is 0 Å². The third-order valence-electron chi connectivity index (χ3n) is 5.47. The fourth-order valence-electron chi connectivity index (χ4n) is 3.67. The Labute approximate surface area is 193 Å². The second-order valence-electron chi connectivity index (χ2n) is 7.81. The number of anilines is 2. The first-order valence-corrected chi connectivity index (χ1v) is 10.9. The van der Waals surface area contributed by atoms with Gasteiger partial charge in [-0.1, -0.05) is 18.2 Å². The molecule has 9 nitrogen and oxygen atoms in total. The molecule has 2 aromatic carbocycles. The van der Waals surface area contributed by atoms with Crippen LogP contribution in [0, 0.1) is 0 Å². The Morgan fingerprint density at radius 1 is 1.03 bits per heavy atom. The molecule has 1 aliphatic rings. The van der Waals surface area contributed by atoms with Gasteiger partial charge in [0.25, 0.3) is 5.91 Å². The van der Waals surface area contributed by atoms with Crippen molar-refractivity contribution in [2.24, 2.45) is 0 Å². The van der Waals surface area contributed by atoms with Crippen molar-refractivity contribution in [3.05, 3.63) is 59.7 Å². The van der Waals surface area contributed by atoms with Crippen molar-refractivity contribution in [2.45, 2.75) is 6.42 Å². The smallest absolute Gasteiger partial charge is 0.337 e. The Kier molecular flexibility index (Phi) is 8.79. The topological polar surface area (TPSA) is 111 Å². The van der Waals surface area contributed by atoms with Gasteiger partial charge in [0, 0.05) is 57.7 Å². The summed E-state index contributed by atoms with van der Waals surface area (Å²) in [5, 5.41) is 15.3. The third kappa shape index (κ3) is 7.03. The third-order valence-corrected chi connectivity index (χ3v) is 5.47. The Morgan fingerprint density at radius 2 is 1.76 bits per heavy atom. The van der Waals surface area contributed by atoms with Crippen LogP contribution >= 0.6 is 0 Å². The SMILES string of the molecule is COCCCNC(=O)CN1CCN(c2ccc(NC(=O)c3ccccc3)c(C(=O)O)c2)CC1. The summed E-state index contributed by atoms with van der Waals surface area (Å²) in [6.45, 7) is 4.29. The Bertz CT molecular complexity index is 959. The number of piperazine rings is 1. The highest BCUT2D eigenvalue weighted by molar-refractivity contribution is 6.08. The summed E-state index contributed by atoms with van der Waals surface area (Å²) >= 11 is 0. The molecule has 1 saturated heterocycles. The zero-order chi connectivity index (χ0) is 23.6. The van der Waals surface area contributed by atoms with Gasteiger partial charge in [-0.3, -0.25) is 14.5 Å². The highest BCUT2D eigenvalue weighted by atomic mass is 16.5. The van der Waals surface area contributed by atoms with E-state index in [1.807, 2.05) is 12.1 Å². The molecule has 3 rings (SSSR count). The van der Waals surface area contributed by atoms with Gasteiger partial charge in [0.05, 0.1) is 17.8 Å². The first kappa shape index (κ1) is 24.2. The van der Waals surface area contributed by atoms with Crippen LogP contribution < -0.4 is 15.5 Å². The van der Waals surface area contributed by atoms with Crippen molar-refractivity contribution < 1.29 is 24.2 Å². The first-order chi connectivity index (χ1) is 16.0. The van der Waals surface area contributed by atoms with Gasteiger partial charge in [-0.25, -0.2) is 4.79 Å². The minimum Gasteiger partial charge on any atom is -0.478 e. The first-order valence-electron chi connectivity index (χ1n) is 10.9. The number of carboxylic acids is 1. The number of hydrogen-bond acceptors (Lipinski definition) is 6. The molecule has 2 amide bonds. The van der Waals surface area contributed by atoms with E-state index in [2.05, 4.69) is 20.4 Å². The number of amides is 2. The number of carbonyl (C=O) groups excluding carboxylic acids is 2. The van der Waals surface area contributed by atoms with Gasteiger partial charge in [-0.05, 0) is 36.8 Å². The average molecular weight is 455 g/mol. The molecule has 1 heterocycles. The molecule has 0 radical (unpaired) electrons. The molecule has 0 spiro atoms. The molecule has 33 heavy (non-hydrogen) atoms. The Morgan fingerprint density at radius 3 is 2.42 bits per heavy atom. The molecule has 3 N–H and O–H groups in total. The molecule has 0 atom stereocenters. The zero-order valence-corrected chi connectivity index (χ0v) is 18.8. The second kappa shape index (κ2) is 12.0. The fourth-order valence-corrected chi connectivity index (χ4v) is 3.67. The van der Waals surface area contributed by atoms with Crippen LogP contribution in [0.5, 0.6) is 0 Å². The van der Waals surface area contributed by atoms with Crippen molar-refractivity contribution in [3.63, 3.8) is 0 Å². The molecule has 0 unspecified atom stereocenters. The summed E-state index contributed by atoms with van der Waals surface area (Å²) in [5.74, 6) is -1.48. The fraction of sp³-hybridized carbons (Fsp3) is 0.375. The number of carboxylic acid groups (broad SMARTS) is 1. The predicted molar refractivity (Wildman–Crippen MR) is 126 cm³/mol. The maximum absolute atomic E-state index is 12.4. The number of aromatic carboxylic acids is 1. The van der Waals surface area contributed by atoms with Gasteiger partial charge in [0.2, 0.25) is 5.91 Å². The average Bonchev–Trinajstić information content (AvgIpc) is 2.83. The van der Waals surface area contributed by atoms with Crippen LogP contribution in [0.1, 0.15) is 27.1 Å². The van der Waals surface area contributed by atoms with Gasteiger partial charge in [0.15, 0.2) is 0 Å². The number of rotatable bonds is 10. The van der Waals surface area contributed by atoms with Gasteiger partial charge in [0.1, 0.15) is 0 Å². The summed E-state index contributed by atoms with van der Waals surface area (Å²) in [7, 11) is 1.63. The minimum absolute atomic E-state index is 0.00812. The number of methoxy groups -OCH3 is 1. The lowest BCUT2D eigenvalue weighted by Gasteiger charge is -2.36.